The quantitative estimate of drug-likeness (QED) is 0.733. The molecule has 7 heteroatoms. The summed E-state index contributed by atoms with van der Waals surface area (Å²) >= 11 is 7.35. The van der Waals surface area contributed by atoms with Gasteiger partial charge < -0.3 is 10.5 Å². The average molecular weight is 293 g/mol. The Bertz CT molecular complexity index is 759. The predicted octanol–water partition coefficient (Wildman–Crippen LogP) is 3.42. The van der Waals surface area contributed by atoms with Crippen molar-refractivity contribution in [3.05, 3.63) is 34.7 Å². The lowest BCUT2D eigenvalue weighted by Gasteiger charge is -2.06. The van der Waals surface area contributed by atoms with Crippen LogP contribution in [0.1, 0.15) is 5.01 Å². The highest BCUT2D eigenvalue weighted by Crippen LogP contribution is 2.30. The first kappa shape index (κ1) is 12.1. The van der Waals surface area contributed by atoms with Gasteiger partial charge in [-0.05, 0) is 30.7 Å². The van der Waals surface area contributed by atoms with Gasteiger partial charge in [0.1, 0.15) is 11.4 Å². The molecule has 5 nitrogen and oxygen atoms in total. The van der Waals surface area contributed by atoms with Crippen molar-refractivity contribution in [2.24, 2.45) is 0 Å². The Morgan fingerprint density at radius 2 is 2.16 bits per heavy atom. The van der Waals surface area contributed by atoms with Crippen molar-refractivity contribution in [2.45, 2.75) is 6.92 Å². The molecule has 1 aromatic carbocycles. The molecule has 0 aliphatic rings. The lowest BCUT2D eigenvalue weighted by Crippen LogP contribution is -1.96. The lowest BCUT2D eigenvalue weighted by molar-refractivity contribution is 0.465. The number of aryl methyl sites for hydroxylation is 1. The third-order valence-electron chi connectivity index (χ3n) is 2.43. The lowest BCUT2D eigenvalue weighted by atomic mass is 10.3. The van der Waals surface area contributed by atoms with Gasteiger partial charge in [0.15, 0.2) is 0 Å². The second kappa shape index (κ2) is 4.64. The molecule has 2 N–H and O–H groups in total. The standard InChI is InChI=1S/C12H9ClN4OS/c1-6-16-9-4-7(2-3-10(9)19-6)18-11-8(14)5-15-12(13)17-11/h2-5H,14H2,1H3. The van der Waals surface area contributed by atoms with E-state index >= 15 is 0 Å². The molecule has 0 fully saturated rings. The summed E-state index contributed by atoms with van der Waals surface area (Å²) in [5.41, 5.74) is 6.95. The molecule has 3 aromatic rings. The second-order valence-electron chi connectivity index (χ2n) is 3.86. The number of ether oxygens (including phenoxy) is 1. The summed E-state index contributed by atoms with van der Waals surface area (Å²) in [4.78, 5) is 12.1. The maximum Gasteiger partial charge on any atom is 0.247 e. The molecule has 19 heavy (non-hydrogen) atoms. The fraction of sp³-hybridized carbons (Fsp3) is 0.0833. The van der Waals surface area contributed by atoms with Crippen LogP contribution in [0.2, 0.25) is 5.28 Å². The van der Waals surface area contributed by atoms with Gasteiger partial charge in [-0.2, -0.15) is 4.98 Å². The first-order valence-electron chi connectivity index (χ1n) is 5.45. The third kappa shape index (κ3) is 2.45. The third-order valence-corrected chi connectivity index (χ3v) is 3.57. The Labute approximate surface area is 118 Å². The number of hydrogen-bond acceptors (Lipinski definition) is 6. The Morgan fingerprint density at radius 1 is 1.32 bits per heavy atom. The van der Waals surface area contributed by atoms with Gasteiger partial charge in [-0.25, -0.2) is 9.97 Å². The first-order valence-corrected chi connectivity index (χ1v) is 6.64. The van der Waals surface area contributed by atoms with Crippen molar-refractivity contribution in [1.82, 2.24) is 15.0 Å². The molecule has 0 saturated carbocycles. The fourth-order valence-electron chi connectivity index (χ4n) is 1.63. The van der Waals surface area contributed by atoms with Crippen LogP contribution < -0.4 is 10.5 Å². The highest BCUT2D eigenvalue weighted by Gasteiger charge is 2.08. The van der Waals surface area contributed by atoms with Gasteiger partial charge in [0.2, 0.25) is 11.2 Å². The van der Waals surface area contributed by atoms with Gasteiger partial charge in [0.25, 0.3) is 0 Å². The molecular formula is C12H9ClN4OS. The summed E-state index contributed by atoms with van der Waals surface area (Å²) in [6, 6.07) is 5.64. The summed E-state index contributed by atoms with van der Waals surface area (Å²) in [6.45, 7) is 1.97. The molecule has 2 aromatic heterocycles. The summed E-state index contributed by atoms with van der Waals surface area (Å²) in [6.07, 6.45) is 1.41. The van der Waals surface area contributed by atoms with Gasteiger partial charge in [0.05, 0.1) is 21.4 Å². The van der Waals surface area contributed by atoms with Gasteiger partial charge in [0, 0.05) is 6.07 Å². The average Bonchev–Trinajstić information content (AvgIpc) is 2.73. The maximum absolute atomic E-state index is 5.73. The number of anilines is 1. The monoisotopic (exact) mass is 292 g/mol. The first-order chi connectivity index (χ1) is 9.11. The van der Waals surface area contributed by atoms with E-state index in [9.17, 15) is 0 Å². The molecule has 3 rings (SSSR count). The molecule has 0 saturated heterocycles. The summed E-state index contributed by atoms with van der Waals surface area (Å²) in [5, 5.41) is 1.10. The maximum atomic E-state index is 5.73. The molecule has 0 spiro atoms. The van der Waals surface area contributed by atoms with E-state index in [0.717, 1.165) is 15.2 Å². The number of benzene rings is 1. The van der Waals surface area contributed by atoms with Crippen molar-refractivity contribution >= 4 is 38.8 Å². The van der Waals surface area contributed by atoms with Crippen molar-refractivity contribution in [2.75, 3.05) is 5.73 Å². The largest absolute Gasteiger partial charge is 0.437 e. The van der Waals surface area contributed by atoms with Crippen LogP contribution in [0.4, 0.5) is 5.69 Å². The van der Waals surface area contributed by atoms with E-state index < -0.39 is 0 Å². The van der Waals surface area contributed by atoms with E-state index in [2.05, 4.69) is 15.0 Å². The number of nitrogens with two attached hydrogens (primary N) is 1. The molecule has 96 valence electrons. The molecular weight excluding hydrogens is 284 g/mol. The number of rotatable bonds is 2. The van der Waals surface area contributed by atoms with Gasteiger partial charge >= 0.3 is 0 Å². The van der Waals surface area contributed by atoms with Crippen LogP contribution in [0.5, 0.6) is 11.6 Å². The Hall–Kier alpha value is -1.92. The second-order valence-corrected chi connectivity index (χ2v) is 5.44. The Balaban J connectivity index is 1.98. The van der Waals surface area contributed by atoms with Crippen LogP contribution in [-0.2, 0) is 0 Å². The van der Waals surface area contributed by atoms with Crippen molar-refractivity contribution in [3.8, 4) is 11.6 Å². The van der Waals surface area contributed by atoms with E-state index in [-0.39, 0.29) is 11.2 Å². The van der Waals surface area contributed by atoms with E-state index in [1.807, 2.05) is 25.1 Å². The van der Waals surface area contributed by atoms with Gasteiger partial charge in [-0.15, -0.1) is 11.3 Å². The number of fused-ring (bicyclic) bond motifs is 1. The number of nitrogens with zero attached hydrogens (tertiary/aromatic N) is 3. The van der Waals surface area contributed by atoms with E-state index in [1.165, 1.54) is 6.20 Å². The number of halogens is 1. The zero-order valence-electron chi connectivity index (χ0n) is 9.92. The highest BCUT2D eigenvalue weighted by atomic mass is 35.5. The molecule has 0 radical (unpaired) electrons. The SMILES string of the molecule is Cc1nc2cc(Oc3nc(Cl)ncc3N)ccc2s1. The Morgan fingerprint density at radius 3 is 3.00 bits per heavy atom. The van der Waals surface area contributed by atoms with Crippen molar-refractivity contribution < 1.29 is 4.74 Å². The van der Waals surface area contributed by atoms with E-state index in [1.54, 1.807) is 11.3 Å². The number of thiazole rings is 1. The smallest absolute Gasteiger partial charge is 0.247 e. The van der Waals surface area contributed by atoms with Crippen LogP contribution in [0.15, 0.2) is 24.4 Å². The molecule has 0 amide bonds. The highest BCUT2D eigenvalue weighted by molar-refractivity contribution is 7.18. The van der Waals surface area contributed by atoms with Crippen LogP contribution in [0.25, 0.3) is 10.2 Å². The molecule has 0 atom stereocenters. The predicted molar refractivity (Wildman–Crippen MR) is 75.9 cm³/mol. The number of aromatic nitrogens is 3. The Kier molecular flexibility index (Phi) is 2.96. The molecule has 0 aliphatic heterocycles. The van der Waals surface area contributed by atoms with E-state index in [0.29, 0.717) is 11.4 Å². The van der Waals surface area contributed by atoms with Crippen LogP contribution in [0, 0.1) is 6.92 Å². The van der Waals surface area contributed by atoms with Crippen LogP contribution in [0.3, 0.4) is 0 Å². The van der Waals surface area contributed by atoms with Crippen LogP contribution in [-0.4, -0.2) is 15.0 Å². The summed E-state index contributed by atoms with van der Waals surface area (Å²) < 4.78 is 6.72. The van der Waals surface area contributed by atoms with Crippen molar-refractivity contribution in [3.63, 3.8) is 0 Å². The van der Waals surface area contributed by atoms with Gasteiger partial charge in [-0.3, -0.25) is 0 Å². The number of nitrogen functional groups attached to an aromatic ring is 1. The summed E-state index contributed by atoms with van der Waals surface area (Å²) in [5.74, 6) is 0.852. The number of hydrogen-bond donors (Lipinski definition) is 1. The molecule has 0 aliphatic carbocycles. The summed E-state index contributed by atoms with van der Waals surface area (Å²) in [7, 11) is 0. The van der Waals surface area contributed by atoms with E-state index in [4.69, 9.17) is 22.1 Å². The molecule has 0 bridgehead atoms. The van der Waals surface area contributed by atoms with Crippen LogP contribution >= 0.6 is 22.9 Å². The molecule has 0 unspecified atom stereocenters. The zero-order chi connectivity index (χ0) is 13.4. The topological polar surface area (TPSA) is 73.9 Å². The van der Waals surface area contributed by atoms with Gasteiger partial charge in [-0.1, -0.05) is 0 Å². The minimum Gasteiger partial charge on any atom is -0.437 e. The zero-order valence-corrected chi connectivity index (χ0v) is 11.5. The molecule has 2 heterocycles. The minimum absolute atomic E-state index is 0.0924. The normalized spacial score (nSPS) is 10.8. The minimum atomic E-state index is 0.0924. The fourth-order valence-corrected chi connectivity index (χ4v) is 2.57. The van der Waals surface area contributed by atoms with Crippen molar-refractivity contribution in [1.29, 1.82) is 0 Å².